The Labute approximate surface area is 175 Å². The second kappa shape index (κ2) is 7.92. The first-order chi connectivity index (χ1) is 14.2. The molecule has 152 valence electrons. The number of nitrogens with zero attached hydrogens (tertiary/aromatic N) is 3. The van der Waals surface area contributed by atoms with Crippen molar-refractivity contribution >= 4 is 38.4 Å². The van der Waals surface area contributed by atoms with E-state index in [0.29, 0.717) is 6.04 Å². The number of benzene rings is 1. The summed E-state index contributed by atoms with van der Waals surface area (Å²) in [5.41, 5.74) is 0.903. The lowest BCUT2D eigenvalue weighted by molar-refractivity contribution is 0.0594. The number of fused-ring (bicyclic) bond motifs is 2. The summed E-state index contributed by atoms with van der Waals surface area (Å²) < 4.78 is 5.31. The third-order valence-corrected chi connectivity index (χ3v) is 7.41. The van der Waals surface area contributed by atoms with Crippen LogP contribution in [0.5, 0.6) is 5.75 Å². The molecule has 5 rings (SSSR count). The SMILES string of the molecule is COc1ccc2cc3cc(C(=O)N4CCC(N5CCCCC5)CC4)sc3nc2c1. The molecular weight excluding hydrogens is 382 g/mol. The fraction of sp³-hybridized carbons (Fsp3) is 0.478. The van der Waals surface area contributed by atoms with Gasteiger partial charge in [-0.05, 0) is 63.0 Å². The minimum atomic E-state index is 0.159. The number of piperidine rings is 2. The Hall–Kier alpha value is -2.18. The van der Waals surface area contributed by atoms with Crippen molar-refractivity contribution in [1.29, 1.82) is 0 Å². The molecule has 3 aromatic rings. The summed E-state index contributed by atoms with van der Waals surface area (Å²) in [7, 11) is 1.66. The van der Waals surface area contributed by atoms with Gasteiger partial charge in [-0.15, -0.1) is 11.3 Å². The standard InChI is InChI=1S/C23H27N3O2S/c1-28-19-6-5-16-13-17-14-21(29-22(17)24-20(16)15-19)23(27)26-11-7-18(8-12-26)25-9-3-2-4-10-25/h5-6,13-15,18H,2-4,7-12H2,1H3. The number of carbonyl (C=O) groups is 1. The molecule has 2 fully saturated rings. The molecule has 2 saturated heterocycles. The second-order valence-corrected chi connectivity index (χ2v) is 9.20. The van der Waals surface area contributed by atoms with Crippen molar-refractivity contribution < 1.29 is 9.53 Å². The summed E-state index contributed by atoms with van der Waals surface area (Å²) in [5, 5.41) is 2.11. The van der Waals surface area contributed by atoms with Crippen molar-refractivity contribution in [2.24, 2.45) is 0 Å². The van der Waals surface area contributed by atoms with Crippen LogP contribution < -0.4 is 4.74 Å². The third-order valence-electron chi connectivity index (χ3n) is 6.38. The van der Waals surface area contributed by atoms with Crippen LogP contribution in [0.15, 0.2) is 30.3 Å². The lowest BCUT2D eigenvalue weighted by Crippen LogP contribution is -2.48. The molecular formula is C23H27N3O2S. The number of hydrogen-bond acceptors (Lipinski definition) is 5. The summed E-state index contributed by atoms with van der Waals surface area (Å²) in [6.45, 7) is 4.19. The van der Waals surface area contributed by atoms with Crippen LogP contribution in [-0.4, -0.2) is 60.0 Å². The highest BCUT2D eigenvalue weighted by Crippen LogP contribution is 2.30. The van der Waals surface area contributed by atoms with Crippen molar-refractivity contribution in [2.75, 3.05) is 33.3 Å². The second-order valence-electron chi connectivity index (χ2n) is 8.17. The fourth-order valence-electron chi connectivity index (χ4n) is 4.71. The number of thiophene rings is 1. The molecule has 1 amide bonds. The lowest BCUT2D eigenvalue weighted by atomic mass is 10.00. The van der Waals surface area contributed by atoms with Gasteiger partial charge >= 0.3 is 0 Å². The van der Waals surface area contributed by atoms with Gasteiger partial charge in [0.1, 0.15) is 10.6 Å². The van der Waals surface area contributed by atoms with E-state index in [1.807, 2.05) is 29.2 Å². The van der Waals surface area contributed by atoms with Gasteiger partial charge in [0.05, 0.1) is 17.5 Å². The maximum atomic E-state index is 13.1. The summed E-state index contributed by atoms with van der Waals surface area (Å²) in [5.74, 6) is 0.959. The van der Waals surface area contributed by atoms with Gasteiger partial charge in [-0.25, -0.2) is 4.98 Å². The van der Waals surface area contributed by atoms with Gasteiger partial charge in [-0.2, -0.15) is 0 Å². The number of pyridine rings is 1. The summed E-state index contributed by atoms with van der Waals surface area (Å²) in [4.78, 5) is 24.3. The van der Waals surface area contributed by atoms with E-state index in [0.717, 1.165) is 57.7 Å². The Kier molecular flexibility index (Phi) is 5.14. The van der Waals surface area contributed by atoms with E-state index >= 15 is 0 Å². The van der Waals surface area contributed by atoms with Crippen molar-refractivity contribution in [3.8, 4) is 5.75 Å². The molecule has 4 heterocycles. The van der Waals surface area contributed by atoms with E-state index in [9.17, 15) is 4.79 Å². The van der Waals surface area contributed by atoms with Crippen molar-refractivity contribution in [1.82, 2.24) is 14.8 Å². The number of ether oxygens (including phenoxy) is 1. The molecule has 0 spiro atoms. The van der Waals surface area contributed by atoms with Crippen LogP contribution in [-0.2, 0) is 0 Å². The quantitative estimate of drug-likeness (QED) is 0.637. The van der Waals surface area contributed by atoms with E-state index in [-0.39, 0.29) is 5.91 Å². The Morgan fingerprint density at radius 1 is 1.03 bits per heavy atom. The predicted octanol–water partition coefficient (Wildman–Crippen LogP) is 4.55. The van der Waals surface area contributed by atoms with Crippen LogP contribution in [0, 0.1) is 0 Å². The predicted molar refractivity (Wildman–Crippen MR) is 118 cm³/mol. The minimum Gasteiger partial charge on any atom is -0.497 e. The molecule has 29 heavy (non-hydrogen) atoms. The molecule has 0 bridgehead atoms. The molecule has 0 N–H and O–H groups in total. The average Bonchev–Trinajstić information content (AvgIpc) is 3.20. The maximum Gasteiger partial charge on any atom is 0.264 e. The average molecular weight is 410 g/mol. The van der Waals surface area contributed by atoms with Gasteiger partial charge in [-0.3, -0.25) is 4.79 Å². The Balaban J connectivity index is 1.32. The monoisotopic (exact) mass is 409 g/mol. The fourth-order valence-corrected chi connectivity index (χ4v) is 5.70. The van der Waals surface area contributed by atoms with Gasteiger partial charge in [0, 0.05) is 36.0 Å². The van der Waals surface area contributed by atoms with Gasteiger partial charge in [0.15, 0.2) is 0 Å². The van der Waals surface area contributed by atoms with E-state index < -0.39 is 0 Å². The molecule has 6 heteroatoms. The number of rotatable bonds is 3. The Morgan fingerprint density at radius 3 is 2.59 bits per heavy atom. The van der Waals surface area contributed by atoms with Crippen molar-refractivity contribution in [2.45, 2.75) is 38.1 Å². The Bertz CT molecular complexity index is 1030. The number of amides is 1. The maximum absolute atomic E-state index is 13.1. The van der Waals surface area contributed by atoms with E-state index in [4.69, 9.17) is 9.72 Å². The van der Waals surface area contributed by atoms with Crippen LogP contribution in [0.3, 0.4) is 0 Å². The highest BCUT2D eigenvalue weighted by molar-refractivity contribution is 7.20. The summed E-state index contributed by atoms with van der Waals surface area (Å²) >= 11 is 1.50. The zero-order valence-electron chi connectivity index (χ0n) is 16.9. The zero-order chi connectivity index (χ0) is 19.8. The molecule has 0 atom stereocenters. The summed E-state index contributed by atoms with van der Waals surface area (Å²) in [6, 6.07) is 10.7. The first kappa shape index (κ1) is 18.8. The molecule has 0 radical (unpaired) electrons. The van der Waals surface area contributed by atoms with E-state index in [2.05, 4.69) is 11.0 Å². The van der Waals surface area contributed by atoms with E-state index in [1.54, 1.807) is 7.11 Å². The van der Waals surface area contributed by atoms with Crippen LogP contribution >= 0.6 is 11.3 Å². The van der Waals surface area contributed by atoms with Crippen molar-refractivity contribution in [3.63, 3.8) is 0 Å². The normalized spacial score (nSPS) is 19.1. The molecule has 0 unspecified atom stereocenters. The van der Waals surface area contributed by atoms with Gasteiger partial charge in [0.2, 0.25) is 0 Å². The topological polar surface area (TPSA) is 45.7 Å². The zero-order valence-corrected chi connectivity index (χ0v) is 17.7. The highest BCUT2D eigenvalue weighted by Gasteiger charge is 2.28. The lowest BCUT2D eigenvalue weighted by Gasteiger charge is -2.40. The van der Waals surface area contributed by atoms with Gasteiger partial charge in [-0.1, -0.05) is 6.42 Å². The van der Waals surface area contributed by atoms with Crippen molar-refractivity contribution in [3.05, 3.63) is 35.2 Å². The number of hydrogen-bond donors (Lipinski definition) is 0. The minimum absolute atomic E-state index is 0.159. The first-order valence-electron chi connectivity index (χ1n) is 10.6. The number of carbonyl (C=O) groups excluding carboxylic acids is 1. The molecule has 1 aromatic carbocycles. The van der Waals surface area contributed by atoms with Gasteiger partial charge < -0.3 is 14.5 Å². The van der Waals surface area contributed by atoms with Crippen LogP contribution in [0.2, 0.25) is 0 Å². The van der Waals surface area contributed by atoms with Crippen LogP contribution in [0.1, 0.15) is 41.8 Å². The third kappa shape index (κ3) is 3.71. The molecule has 2 aliphatic rings. The molecule has 2 aromatic heterocycles. The first-order valence-corrected chi connectivity index (χ1v) is 11.4. The smallest absolute Gasteiger partial charge is 0.264 e. The number of aromatic nitrogens is 1. The van der Waals surface area contributed by atoms with Gasteiger partial charge in [0.25, 0.3) is 5.91 Å². The molecule has 5 nitrogen and oxygen atoms in total. The largest absolute Gasteiger partial charge is 0.497 e. The summed E-state index contributed by atoms with van der Waals surface area (Å²) in [6.07, 6.45) is 6.22. The molecule has 0 saturated carbocycles. The Morgan fingerprint density at radius 2 is 1.83 bits per heavy atom. The van der Waals surface area contributed by atoms with Crippen LogP contribution in [0.25, 0.3) is 21.1 Å². The number of likely N-dealkylation sites (tertiary alicyclic amines) is 2. The molecule has 2 aliphatic heterocycles. The van der Waals surface area contributed by atoms with Crippen LogP contribution in [0.4, 0.5) is 0 Å². The van der Waals surface area contributed by atoms with E-state index in [1.165, 1.54) is 43.7 Å². The molecule has 0 aliphatic carbocycles. The number of methoxy groups -OCH3 is 1. The highest BCUT2D eigenvalue weighted by atomic mass is 32.1.